The lowest BCUT2D eigenvalue weighted by Crippen LogP contribution is -2.46. The molecule has 4 nitrogen and oxygen atoms in total. The molecule has 1 aliphatic heterocycles. The van der Waals surface area contributed by atoms with Crippen LogP contribution in [-0.2, 0) is 16.4 Å². The van der Waals surface area contributed by atoms with Crippen LogP contribution < -0.4 is 5.32 Å². The van der Waals surface area contributed by atoms with Gasteiger partial charge < -0.3 is 5.32 Å². The summed E-state index contributed by atoms with van der Waals surface area (Å²) in [6.45, 7) is 6.44. The number of nitrogens with one attached hydrogen (secondary N) is 1. The van der Waals surface area contributed by atoms with E-state index in [1.165, 1.54) is 0 Å². The first-order chi connectivity index (χ1) is 10.1. The Bertz CT molecular complexity index is 557. The molecule has 1 fully saturated rings. The van der Waals surface area contributed by atoms with Crippen molar-refractivity contribution in [2.75, 3.05) is 19.6 Å². The summed E-state index contributed by atoms with van der Waals surface area (Å²) in [5.74, 6) is 0. The summed E-state index contributed by atoms with van der Waals surface area (Å²) in [5.41, 5.74) is 0.910. The third-order valence-corrected chi connectivity index (χ3v) is 6.15. The van der Waals surface area contributed by atoms with Crippen LogP contribution in [0.1, 0.15) is 38.7 Å². The molecule has 126 valence electrons. The highest BCUT2D eigenvalue weighted by Gasteiger charge is 2.32. The molecule has 2 rings (SSSR count). The van der Waals surface area contributed by atoms with Gasteiger partial charge in [0.2, 0.25) is 10.0 Å². The first kappa shape index (κ1) is 19.4. The van der Waals surface area contributed by atoms with Gasteiger partial charge in [-0.2, -0.15) is 4.31 Å². The van der Waals surface area contributed by atoms with Crippen molar-refractivity contribution >= 4 is 22.4 Å². The largest absolute Gasteiger partial charge is 0.317 e. The molecule has 0 unspecified atom stereocenters. The molecular weight excluding hydrogens is 320 g/mol. The molecule has 1 N–H and O–H groups in total. The van der Waals surface area contributed by atoms with Crippen molar-refractivity contribution in [3.63, 3.8) is 0 Å². The van der Waals surface area contributed by atoms with Gasteiger partial charge in [-0.25, -0.2) is 8.42 Å². The molecule has 6 heteroatoms. The van der Waals surface area contributed by atoms with Crippen molar-refractivity contribution in [3.05, 3.63) is 29.8 Å². The van der Waals surface area contributed by atoms with Gasteiger partial charge in [-0.3, -0.25) is 0 Å². The number of hydrogen-bond donors (Lipinski definition) is 1. The lowest BCUT2D eigenvalue weighted by atomic mass is 10.1. The Balaban J connectivity index is 0.00000242. The van der Waals surface area contributed by atoms with Crippen LogP contribution in [0.4, 0.5) is 0 Å². The Morgan fingerprint density at radius 3 is 2.41 bits per heavy atom. The molecule has 0 spiro atoms. The number of nitrogens with zero attached hydrogens (tertiary/aromatic N) is 1. The second-order valence-corrected chi connectivity index (χ2v) is 7.42. The van der Waals surface area contributed by atoms with Crippen LogP contribution in [0.2, 0.25) is 0 Å². The molecule has 0 aromatic heterocycles. The summed E-state index contributed by atoms with van der Waals surface area (Å²) >= 11 is 0. The summed E-state index contributed by atoms with van der Waals surface area (Å²) in [6, 6.07) is 7.52. The standard InChI is InChI=1S/C16H26N2O2S.ClH/c1-3-13-18(15-9-11-17-12-10-15)21(19,20)16-8-6-5-7-14(16)4-2;/h5-8,15,17H,3-4,9-13H2,1-2H3;1H. The van der Waals surface area contributed by atoms with Crippen LogP contribution in [0.3, 0.4) is 0 Å². The lowest BCUT2D eigenvalue weighted by molar-refractivity contribution is 0.262. The van der Waals surface area contributed by atoms with Crippen molar-refractivity contribution in [1.29, 1.82) is 0 Å². The van der Waals surface area contributed by atoms with Crippen LogP contribution in [0.5, 0.6) is 0 Å². The van der Waals surface area contributed by atoms with E-state index >= 15 is 0 Å². The maximum absolute atomic E-state index is 13.1. The van der Waals surface area contributed by atoms with E-state index in [2.05, 4.69) is 5.32 Å². The van der Waals surface area contributed by atoms with E-state index in [-0.39, 0.29) is 18.4 Å². The van der Waals surface area contributed by atoms with E-state index in [1.807, 2.05) is 32.0 Å². The van der Waals surface area contributed by atoms with Gasteiger partial charge in [0.15, 0.2) is 0 Å². The maximum Gasteiger partial charge on any atom is 0.243 e. The first-order valence-electron chi connectivity index (χ1n) is 7.91. The average molecular weight is 347 g/mol. The SMILES string of the molecule is CCCN(C1CCNCC1)S(=O)(=O)c1ccccc1CC.Cl. The molecule has 0 amide bonds. The number of piperidine rings is 1. The highest BCUT2D eigenvalue weighted by atomic mass is 35.5. The topological polar surface area (TPSA) is 49.4 Å². The second kappa shape index (κ2) is 8.87. The molecule has 0 aliphatic carbocycles. The fourth-order valence-electron chi connectivity index (χ4n) is 2.99. The highest BCUT2D eigenvalue weighted by molar-refractivity contribution is 7.89. The van der Waals surface area contributed by atoms with Crippen molar-refractivity contribution < 1.29 is 8.42 Å². The van der Waals surface area contributed by atoms with Gasteiger partial charge in [-0.05, 0) is 50.4 Å². The smallest absolute Gasteiger partial charge is 0.243 e. The fourth-order valence-corrected chi connectivity index (χ4v) is 5.06. The molecular formula is C16H27ClN2O2S. The third-order valence-electron chi connectivity index (χ3n) is 4.10. The Morgan fingerprint density at radius 2 is 1.82 bits per heavy atom. The van der Waals surface area contributed by atoms with Gasteiger partial charge in [0.05, 0.1) is 4.90 Å². The predicted octanol–water partition coefficient (Wildman–Crippen LogP) is 2.82. The zero-order valence-electron chi connectivity index (χ0n) is 13.4. The number of rotatable bonds is 6. The number of benzene rings is 1. The van der Waals surface area contributed by atoms with Crippen molar-refractivity contribution in [2.45, 2.75) is 50.5 Å². The monoisotopic (exact) mass is 346 g/mol. The minimum absolute atomic E-state index is 0. The van der Waals surface area contributed by atoms with Gasteiger partial charge in [-0.15, -0.1) is 12.4 Å². The first-order valence-corrected chi connectivity index (χ1v) is 9.35. The van der Waals surface area contributed by atoms with Gasteiger partial charge in [0, 0.05) is 12.6 Å². The van der Waals surface area contributed by atoms with Crippen molar-refractivity contribution in [2.24, 2.45) is 0 Å². The van der Waals surface area contributed by atoms with E-state index in [4.69, 9.17) is 0 Å². The number of hydrogen-bond acceptors (Lipinski definition) is 3. The summed E-state index contributed by atoms with van der Waals surface area (Å²) in [7, 11) is -3.40. The van der Waals surface area contributed by atoms with Gasteiger partial charge in [0.25, 0.3) is 0 Å². The molecule has 1 heterocycles. The Kier molecular flexibility index (Phi) is 7.83. The zero-order valence-corrected chi connectivity index (χ0v) is 15.0. The van der Waals surface area contributed by atoms with Crippen molar-refractivity contribution in [1.82, 2.24) is 9.62 Å². The molecule has 0 saturated carbocycles. The lowest BCUT2D eigenvalue weighted by Gasteiger charge is -2.34. The summed E-state index contributed by atoms with van der Waals surface area (Å²) in [6.07, 6.45) is 3.38. The van der Waals surface area contributed by atoms with Gasteiger partial charge in [-0.1, -0.05) is 32.0 Å². The average Bonchev–Trinajstić information content (AvgIpc) is 2.53. The molecule has 0 radical (unpaired) electrons. The molecule has 0 atom stereocenters. The number of halogens is 1. The minimum atomic E-state index is -3.40. The van der Waals surface area contributed by atoms with E-state index in [0.717, 1.165) is 44.3 Å². The predicted molar refractivity (Wildman–Crippen MR) is 93.1 cm³/mol. The molecule has 1 aromatic rings. The van der Waals surface area contributed by atoms with Crippen LogP contribution in [-0.4, -0.2) is 38.4 Å². The second-order valence-electron chi connectivity index (χ2n) is 5.56. The molecule has 1 aliphatic rings. The highest BCUT2D eigenvalue weighted by Crippen LogP contribution is 2.25. The Morgan fingerprint density at radius 1 is 1.18 bits per heavy atom. The summed E-state index contributed by atoms with van der Waals surface area (Å²) < 4.78 is 28.0. The summed E-state index contributed by atoms with van der Waals surface area (Å²) in [5, 5.41) is 3.30. The van der Waals surface area contributed by atoms with E-state index in [1.54, 1.807) is 10.4 Å². The quantitative estimate of drug-likeness (QED) is 0.861. The number of sulfonamides is 1. The minimum Gasteiger partial charge on any atom is -0.317 e. The molecule has 22 heavy (non-hydrogen) atoms. The Labute approximate surface area is 140 Å². The zero-order chi connectivity index (χ0) is 15.3. The van der Waals surface area contributed by atoms with E-state index < -0.39 is 10.0 Å². The van der Waals surface area contributed by atoms with E-state index in [9.17, 15) is 8.42 Å². The van der Waals surface area contributed by atoms with Crippen molar-refractivity contribution in [3.8, 4) is 0 Å². The summed E-state index contributed by atoms with van der Waals surface area (Å²) in [4.78, 5) is 0.486. The number of aryl methyl sites for hydroxylation is 1. The van der Waals surface area contributed by atoms with Crippen LogP contribution in [0.15, 0.2) is 29.2 Å². The maximum atomic E-state index is 13.1. The van der Waals surface area contributed by atoms with Crippen LogP contribution >= 0.6 is 12.4 Å². The fraction of sp³-hybridized carbons (Fsp3) is 0.625. The normalized spacial score (nSPS) is 16.5. The van der Waals surface area contributed by atoms with Gasteiger partial charge >= 0.3 is 0 Å². The molecule has 0 bridgehead atoms. The third kappa shape index (κ3) is 4.22. The van der Waals surface area contributed by atoms with Gasteiger partial charge in [0.1, 0.15) is 0 Å². The molecule has 1 aromatic carbocycles. The van der Waals surface area contributed by atoms with Crippen LogP contribution in [0.25, 0.3) is 0 Å². The van der Waals surface area contributed by atoms with E-state index in [0.29, 0.717) is 11.4 Å². The molecule has 1 saturated heterocycles. The van der Waals surface area contributed by atoms with Crippen LogP contribution in [0, 0.1) is 0 Å². The Hall–Kier alpha value is -0.620.